The number of fused-ring (bicyclic) bond motifs is 1. The van der Waals surface area contributed by atoms with E-state index >= 15 is 0 Å². The van der Waals surface area contributed by atoms with Crippen molar-refractivity contribution in [3.63, 3.8) is 0 Å². The van der Waals surface area contributed by atoms with Crippen molar-refractivity contribution in [1.29, 1.82) is 0 Å². The number of aryl methyl sites for hydroxylation is 1. The molecule has 1 aliphatic heterocycles. The van der Waals surface area contributed by atoms with E-state index in [9.17, 15) is 9.59 Å². The van der Waals surface area contributed by atoms with Gasteiger partial charge in [-0.3, -0.25) is 9.59 Å². The second-order valence-corrected chi connectivity index (χ2v) is 5.73. The van der Waals surface area contributed by atoms with E-state index in [4.69, 9.17) is 9.15 Å². The van der Waals surface area contributed by atoms with E-state index in [0.717, 1.165) is 5.52 Å². The third-order valence-corrected chi connectivity index (χ3v) is 4.14. The number of oxazole rings is 1. The Bertz CT molecular complexity index is 729. The molecule has 0 bridgehead atoms. The van der Waals surface area contributed by atoms with Crippen LogP contribution in [0.25, 0.3) is 11.1 Å². The maximum absolute atomic E-state index is 12.6. The number of benzene rings is 1. The van der Waals surface area contributed by atoms with Crippen LogP contribution in [0.5, 0.6) is 0 Å². The fourth-order valence-electron chi connectivity index (χ4n) is 2.93. The summed E-state index contributed by atoms with van der Waals surface area (Å²) in [5.74, 6) is 0.291. The quantitative estimate of drug-likeness (QED) is 0.814. The molecule has 1 aromatic heterocycles. The molecular weight excluding hydrogens is 296 g/mol. The van der Waals surface area contributed by atoms with Crippen LogP contribution >= 0.6 is 0 Å². The Morgan fingerprint density at radius 2 is 2.09 bits per heavy atom. The van der Waals surface area contributed by atoms with Crippen LogP contribution in [-0.2, 0) is 9.53 Å². The number of rotatable bonds is 3. The van der Waals surface area contributed by atoms with E-state index in [-0.39, 0.29) is 17.8 Å². The first-order chi connectivity index (χ1) is 11.1. The van der Waals surface area contributed by atoms with Crippen LogP contribution in [0.3, 0.4) is 0 Å². The number of esters is 1. The summed E-state index contributed by atoms with van der Waals surface area (Å²) >= 11 is 0. The van der Waals surface area contributed by atoms with Crippen molar-refractivity contribution in [3.8, 4) is 0 Å². The highest BCUT2D eigenvalue weighted by atomic mass is 16.5. The molecule has 1 aliphatic rings. The predicted molar refractivity (Wildman–Crippen MR) is 84.0 cm³/mol. The molecule has 1 aromatic carbocycles. The van der Waals surface area contributed by atoms with Gasteiger partial charge in [-0.05, 0) is 38.0 Å². The van der Waals surface area contributed by atoms with Crippen molar-refractivity contribution >= 4 is 23.0 Å². The number of nitrogens with zero attached hydrogens (tertiary/aromatic N) is 2. The Labute approximate surface area is 134 Å². The minimum absolute atomic E-state index is 0.0386. The highest BCUT2D eigenvalue weighted by Gasteiger charge is 2.28. The minimum Gasteiger partial charge on any atom is -0.466 e. The number of hydrogen-bond donors (Lipinski definition) is 0. The average molecular weight is 316 g/mol. The van der Waals surface area contributed by atoms with Gasteiger partial charge in [0.2, 0.25) is 0 Å². The van der Waals surface area contributed by atoms with Crippen LogP contribution in [0.15, 0.2) is 22.6 Å². The van der Waals surface area contributed by atoms with Gasteiger partial charge >= 0.3 is 5.97 Å². The number of amides is 1. The molecule has 6 heteroatoms. The molecule has 1 fully saturated rings. The normalized spacial score (nSPS) is 15.8. The molecule has 3 rings (SSSR count). The Balaban J connectivity index is 1.67. The van der Waals surface area contributed by atoms with Gasteiger partial charge < -0.3 is 14.1 Å². The SMILES string of the molecule is CCOC(=O)C1CCN(C(=O)c2ccc3nc(C)oc3c2)CC1. The monoisotopic (exact) mass is 316 g/mol. The molecule has 0 spiro atoms. The van der Waals surface area contributed by atoms with Gasteiger partial charge in [0.1, 0.15) is 5.52 Å². The van der Waals surface area contributed by atoms with Gasteiger partial charge in [-0.25, -0.2) is 4.98 Å². The lowest BCUT2D eigenvalue weighted by molar-refractivity contribution is -0.149. The summed E-state index contributed by atoms with van der Waals surface area (Å²) < 4.78 is 10.5. The number of aromatic nitrogens is 1. The van der Waals surface area contributed by atoms with Crippen LogP contribution < -0.4 is 0 Å². The molecule has 2 heterocycles. The van der Waals surface area contributed by atoms with Gasteiger partial charge in [0, 0.05) is 25.6 Å². The second-order valence-electron chi connectivity index (χ2n) is 5.73. The summed E-state index contributed by atoms with van der Waals surface area (Å²) in [6.45, 7) is 5.11. The fourth-order valence-corrected chi connectivity index (χ4v) is 2.93. The molecule has 0 N–H and O–H groups in total. The van der Waals surface area contributed by atoms with Crippen LogP contribution in [0, 0.1) is 12.8 Å². The van der Waals surface area contributed by atoms with Crippen LogP contribution in [0.4, 0.5) is 0 Å². The van der Waals surface area contributed by atoms with Crippen molar-refractivity contribution in [2.24, 2.45) is 5.92 Å². The summed E-state index contributed by atoms with van der Waals surface area (Å²) in [4.78, 5) is 30.4. The molecule has 122 valence electrons. The summed E-state index contributed by atoms with van der Waals surface area (Å²) in [6, 6.07) is 5.30. The minimum atomic E-state index is -0.154. The number of carbonyl (C=O) groups excluding carboxylic acids is 2. The summed E-state index contributed by atoms with van der Waals surface area (Å²) in [6.07, 6.45) is 1.29. The Hall–Kier alpha value is -2.37. The zero-order valence-electron chi connectivity index (χ0n) is 13.4. The molecule has 0 aliphatic carbocycles. The number of hydrogen-bond acceptors (Lipinski definition) is 5. The molecule has 1 saturated heterocycles. The van der Waals surface area contributed by atoms with Gasteiger partial charge in [0.05, 0.1) is 12.5 Å². The largest absolute Gasteiger partial charge is 0.466 e. The van der Waals surface area contributed by atoms with Gasteiger partial charge in [-0.1, -0.05) is 0 Å². The topological polar surface area (TPSA) is 72.6 Å². The van der Waals surface area contributed by atoms with Crippen LogP contribution in [-0.4, -0.2) is 41.5 Å². The van der Waals surface area contributed by atoms with Crippen molar-refractivity contribution in [2.45, 2.75) is 26.7 Å². The number of carbonyl (C=O) groups is 2. The molecule has 0 unspecified atom stereocenters. The molecule has 6 nitrogen and oxygen atoms in total. The first-order valence-corrected chi connectivity index (χ1v) is 7.91. The summed E-state index contributed by atoms with van der Waals surface area (Å²) in [5.41, 5.74) is 1.96. The first kappa shape index (κ1) is 15.5. The molecule has 23 heavy (non-hydrogen) atoms. The third-order valence-electron chi connectivity index (χ3n) is 4.14. The first-order valence-electron chi connectivity index (χ1n) is 7.91. The van der Waals surface area contributed by atoms with Crippen molar-refractivity contribution in [2.75, 3.05) is 19.7 Å². The summed E-state index contributed by atoms with van der Waals surface area (Å²) in [5, 5.41) is 0. The Kier molecular flexibility index (Phi) is 4.32. The highest BCUT2D eigenvalue weighted by Crippen LogP contribution is 2.22. The fraction of sp³-hybridized carbons (Fsp3) is 0.471. The summed E-state index contributed by atoms with van der Waals surface area (Å²) in [7, 11) is 0. The third kappa shape index (κ3) is 3.21. The van der Waals surface area contributed by atoms with E-state index in [2.05, 4.69) is 4.98 Å². The molecule has 0 atom stereocenters. The maximum Gasteiger partial charge on any atom is 0.309 e. The van der Waals surface area contributed by atoms with Crippen molar-refractivity contribution in [3.05, 3.63) is 29.7 Å². The van der Waals surface area contributed by atoms with E-state index in [1.165, 1.54) is 0 Å². The van der Waals surface area contributed by atoms with Gasteiger partial charge in [-0.2, -0.15) is 0 Å². The maximum atomic E-state index is 12.6. The lowest BCUT2D eigenvalue weighted by Gasteiger charge is -2.30. The molecule has 1 amide bonds. The number of ether oxygens (including phenoxy) is 1. The van der Waals surface area contributed by atoms with Crippen molar-refractivity contribution in [1.82, 2.24) is 9.88 Å². The smallest absolute Gasteiger partial charge is 0.309 e. The average Bonchev–Trinajstić information content (AvgIpc) is 2.93. The molecule has 0 radical (unpaired) electrons. The second kappa shape index (κ2) is 6.40. The molecular formula is C17H20N2O4. The van der Waals surface area contributed by atoms with Gasteiger partial charge in [-0.15, -0.1) is 0 Å². The zero-order valence-corrected chi connectivity index (χ0v) is 13.4. The van der Waals surface area contributed by atoms with Gasteiger partial charge in [0.15, 0.2) is 11.5 Å². The molecule has 2 aromatic rings. The predicted octanol–water partition coefficient (Wildman–Crippen LogP) is 2.55. The number of piperidine rings is 1. The van der Waals surface area contributed by atoms with Gasteiger partial charge in [0.25, 0.3) is 5.91 Å². The van der Waals surface area contributed by atoms with Crippen LogP contribution in [0.2, 0.25) is 0 Å². The Morgan fingerprint density at radius 3 is 2.78 bits per heavy atom. The number of likely N-dealkylation sites (tertiary alicyclic amines) is 1. The lowest BCUT2D eigenvalue weighted by atomic mass is 9.96. The lowest BCUT2D eigenvalue weighted by Crippen LogP contribution is -2.40. The Morgan fingerprint density at radius 1 is 1.35 bits per heavy atom. The standard InChI is InChI=1S/C17H20N2O4/c1-3-22-17(21)12-6-8-19(9-7-12)16(20)13-4-5-14-15(10-13)23-11(2)18-14/h4-5,10,12H,3,6-9H2,1-2H3. The van der Waals surface area contributed by atoms with E-state index in [1.807, 2.05) is 0 Å². The van der Waals surface area contributed by atoms with E-state index < -0.39 is 0 Å². The van der Waals surface area contributed by atoms with E-state index in [1.54, 1.807) is 36.9 Å². The van der Waals surface area contributed by atoms with Crippen molar-refractivity contribution < 1.29 is 18.7 Å². The zero-order chi connectivity index (χ0) is 16.4. The van der Waals surface area contributed by atoms with Crippen LogP contribution in [0.1, 0.15) is 36.0 Å². The molecule has 0 saturated carbocycles. The highest BCUT2D eigenvalue weighted by molar-refractivity contribution is 5.97. The van der Waals surface area contributed by atoms with E-state index in [0.29, 0.717) is 49.6 Å².